The van der Waals surface area contributed by atoms with Crippen molar-refractivity contribution in [2.45, 2.75) is 6.10 Å². The molecule has 1 rings (SSSR count). The molecule has 0 radical (unpaired) electrons. The standard InChI is InChI=1S/C4H5NO2.H2O/c6-2-3-4(7)1-5-3;/h4-5,7H,1H2;1H2. The number of hydrogen-bond acceptors (Lipinski definition) is 3. The molecular formula is C4H7NO3. The molecule has 4 N–H and O–H groups in total. The van der Waals surface area contributed by atoms with Gasteiger partial charge in [-0.25, -0.2) is 4.79 Å². The van der Waals surface area contributed by atoms with E-state index >= 15 is 0 Å². The molecule has 0 saturated carbocycles. The third kappa shape index (κ3) is 0.869. The highest BCUT2D eigenvalue weighted by atomic mass is 16.3. The van der Waals surface area contributed by atoms with Crippen LogP contribution in [0.15, 0.2) is 5.70 Å². The molecule has 1 aliphatic heterocycles. The van der Waals surface area contributed by atoms with Gasteiger partial charge in [-0.1, -0.05) is 0 Å². The molecule has 1 atom stereocenters. The molecule has 1 aliphatic rings. The molecule has 4 heteroatoms. The summed E-state index contributed by atoms with van der Waals surface area (Å²) < 4.78 is 0. The molecule has 0 aliphatic carbocycles. The lowest BCUT2D eigenvalue weighted by Crippen LogP contribution is -2.44. The maximum atomic E-state index is 9.61. The fourth-order valence-electron chi connectivity index (χ4n) is 0.400. The third-order valence-electron chi connectivity index (χ3n) is 0.929. The first-order valence-corrected chi connectivity index (χ1v) is 2.01. The molecule has 1 fully saturated rings. The molecular weight excluding hydrogens is 110 g/mol. The molecule has 46 valence electrons. The normalized spacial score (nSPS) is 24.1. The van der Waals surface area contributed by atoms with Gasteiger partial charge in [-0.2, -0.15) is 0 Å². The van der Waals surface area contributed by atoms with Crippen LogP contribution in [0.1, 0.15) is 0 Å². The Kier molecular flexibility index (Phi) is 2.21. The van der Waals surface area contributed by atoms with Crippen LogP contribution in [0.3, 0.4) is 0 Å². The average Bonchev–Trinajstić information content (AvgIpc) is 1.65. The van der Waals surface area contributed by atoms with Crippen LogP contribution in [0.5, 0.6) is 0 Å². The number of nitrogens with one attached hydrogen (secondary N) is 1. The van der Waals surface area contributed by atoms with Gasteiger partial charge in [0.05, 0.1) is 0 Å². The quantitative estimate of drug-likeness (QED) is 0.355. The summed E-state index contributed by atoms with van der Waals surface area (Å²) in [7, 11) is 0. The smallest absolute Gasteiger partial charge is 0.148 e. The van der Waals surface area contributed by atoms with Crippen molar-refractivity contribution in [2.24, 2.45) is 0 Å². The lowest BCUT2D eigenvalue weighted by Gasteiger charge is -2.22. The van der Waals surface area contributed by atoms with Crippen LogP contribution in [-0.2, 0) is 4.79 Å². The summed E-state index contributed by atoms with van der Waals surface area (Å²) in [6, 6.07) is 0. The van der Waals surface area contributed by atoms with E-state index in [-0.39, 0.29) is 11.2 Å². The van der Waals surface area contributed by atoms with Crippen molar-refractivity contribution in [2.75, 3.05) is 6.54 Å². The Labute approximate surface area is 46.1 Å². The fraction of sp³-hybridized carbons (Fsp3) is 0.500. The van der Waals surface area contributed by atoms with Crippen molar-refractivity contribution in [1.82, 2.24) is 5.32 Å². The summed E-state index contributed by atoms with van der Waals surface area (Å²) in [5.41, 5.74) is 0.278. The van der Waals surface area contributed by atoms with Gasteiger partial charge in [0.15, 0.2) is 0 Å². The minimum absolute atomic E-state index is 0. The van der Waals surface area contributed by atoms with Crippen molar-refractivity contribution >= 4 is 5.94 Å². The number of rotatable bonds is 0. The molecule has 1 saturated heterocycles. The highest BCUT2D eigenvalue weighted by Gasteiger charge is 2.20. The zero-order valence-electron chi connectivity index (χ0n) is 4.14. The molecule has 4 nitrogen and oxygen atoms in total. The van der Waals surface area contributed by atoms with Crippen LogP contribution in [0.2, 0.25) is 0 Å². The van der Waals surface area contributed by atoms with Crippen LogP contribution >= 0.6 is 0 Å². The molecule has 1 heterocycles. The molecule has 0 aromatic carbocycles. The van der Waals surface area contributed by atoms with Gasteiger partial charge < -0.3 is 15.9 Å². The van der Waals surface area contributed by atoms with Crippen molar-refractivity contribution in [3.63, 3.8) is 0 Å². The summed E-state index contributed by atoms with van der Waals surface area (Å²) in [4.78, 5) is 9.61. The van der Waals surface area contributed by atoms with Gasteiger partial charge >= 0.3 is 0 Å². The van der Waals surface area contributed by atoms with Crippen molar-refractivity contribution in [3.05, 3.63) is 5.70 Å². The Hall–Kier alpha value is -0.830. The van der Waals surface area contributed by atoms with Gasteiger partial charge in [-0.05, 0) is 0 Å². The Morgan fingerprint density at radius 2 is 2.50 bits per heavy atom. The molecule has 0 aromatic heterocycles. The van der Waals surface area contributed by atoms with Gasteiger partial charge in [-0.15, -0.1) is 0 Å². The van der Waals surface area contributed by atoms with Gasteiger partial charge in [-0.3, -0.25) is 0 Å². The molecule has 0 bridgehead atoms. The van der Waals surface area contributed by atoms with Crippen molar-refractivity contribution in [3.8, 4) is 0 Å². The van der Waals surface area contributed by atoms with Crippen LogP contribution in [0.4, 0.5) is 0 Å². The maximum absolute atomic E-state index is 9.61. The first-order chi connectivity index (χ1) is 3.34. The van der Waals surface area contributed by atoms with Crippen molar-refractivity contribution in [1.29, 1.82) is 0 Å². The second-order valence-corrected chi connectivity index (χ2v) is 1.41. The lowest BCUT2D eigenvalue weighted by atomic mass is 10.2. The second-order valence-electron chi connectivity index (χ2n) is 1.41. The highest BCUT2D eigenvalue weighted by molar-refractivity contribution is 5.55. The molecule has 0 aromatic rings. The molecule has 8 heavy (non-hydrogen) atoms. The van der Waals surface area contributed by atoms with E-state index in [1.54, 1.807) is 5.94 Å². The fourth-order valence-corrected chi connectivity index (χ4v) is 0.400. The first kappa shape index (κ1) is 7.17. The zero-order chi connectivity index (χ0) is 5.28. The van der Waals surface area contributed by atoms with E-state index in [2.05, 4.69) is 5.32 Å². The van der Waals surface area contributed by atoms with E-state index < -0.39 is 6.10 Å². The number of hydrogen-bond donors (Lipinski definition) is 2. The lowest BCUT2D eigenvalue weighted by molar-refractivity contribution is 0.161. The Morgan fingerprint density at radius 1 is 1.88 bits per heavy atom. The molecule has 0 amide bonds. The van der Waals surface area contributed by atoms with E-state index in [4.69, 9.17) is 5.11 Å². The summed E-state index contributed by atoms with van der Waals surface area (Å²) in [5, 5.41) is 11.1. The monoisotopic (exact) mass is 117 g/mol. The number of aliphatic hydroxyl groups excluding tert-OH is 1. The predicted octanol–water partition coefficient (Wildman–Crippen LogP) is -2.16. The van der Waals surface area contributed by atoms with Gasteiger partial charge in [0, 0.05) is 6.54 Å². The van der Waals surface area contributed by atoms with Crippen LogP contribution in [0.25, 0.3) is 0 Å². The SMILES string of the molecule is O.O=C=C1NCC1O. The van der Waals surface area contributed by atoms with Crippen LogP contribution in [-0.4, -0.2) is 29.2 Å². The minimum atomic E-state index is -0.572. The summed E-state index contributed by atoms with van der Waals surface area (Å²) in [6.07, 6.45) is -0.572. The largest absolute Gasteiger partial charge is 0.412 e. The van der Waals surface area contributed by atoms with E-state index in [0.717, 1.165) is 0 Å². The minimum Gasteiger partial charge on any atom is -0.412 e. The molecule has 0 spiro atoms. The van der Waals surface area contributed by atoms with E-state index in [9.17, 15) is 4.79 Å². The van der Waals surface area contributed by atoms with Gasteiger partial charge in [0.1, 0.15) is 17.7 Å². The maximum Gasteiger partial charge on any atom is 0.148 e. The van der Waals surface area contributed by atoms with Gasteiger partial charge in [0.2, 0.25) is 0 Å². The Bertz CT molecular complexity index is 127. The first-order valence-electron chi connectivity index (χ1n) is 2.01. The Morgan fingerprint density at radius 3 is 2.50 bits per heavy atom. The summed E-state index contributed by atoms with van der Waals surface area (Å²) in [6.45, 7) is 0.491. The van der Waals surface area contributed by atoms with Crippen molar-refractivity contribution < 1.29 is 15.4 Å². The predicted molar refractivity (Wildman–Crippen MR) is 26.8 cm³/mol. The van der Waals surface area contributed by atoms with Gasteiger partial charge in [0.25, 0.3) is 0 Å². The average molecular weight is 117 g/mol. The summed E-state index contributed by atoms with van der Waals surface area (Å²) in [5.74, 6) is 1.56. The Balaban J connectivity index is 0.000000490. The molecule has 1 unspecified atom stereocenters. The van der Waals surface area contributed by atoms with Crippen LogP contribution < -0.4 is 5.32 Å². The number of β-amino-alcohol motifs (C(OH)–C–C–N with tert-alkyl or cyclic N) is 1. The number of carbonyl (C=O) groups excluding carboxylic acids is 1. The highest BCUT2D eigenvalue weighted by Crippen LogP contribution is 2.01. The van der Waals surface area contributed by atoms with E-state index in [1.807, 2.05) is 0 Å². The summed E-state index contributed by atoms with van der Waals surface area (Å²) >= 11 is 0. The van der Waals surface area contributed by atoms with E-state index in [0.29, 0.717) is 6.54 Å². The van der Waals surface area contributed by atoms with E-state index in [1.165, 1.54) is 0 Å². The zero-order valence-corrected chi connectivity index (χ0v) is 4.14. The third-order valence-corrected chi connectivity index (χ3v) is 0.929. The van der Waals surface area contributed by atoms with Crippen LogP contribution in [0, 0.1) is 0 Å². The topological polar surface area (TPSA) is 80.8 Å². The number of aliphatic hydroxyl groups is 1. The second kappa shape index (κ2) is 2.47.